The average molecular weight is 468 g/mol. The second kappa shape index (κ2) is 14.2. The summed E-state index contributed by atoms with van der Waals surface area (Å²) in [6, 6.07) is 12.5. The number of carboxylic acids is 1. The molecule has 1 heterocycles. The molecule has 0 aliphatic carbocycles. The van der Waals surface area contributed by atoms with Gasteiger partial charge in [0.05, 0.1) is 0 Å². The van der Waals surface area contributed by atoms with Gasteiger partial charge < -0.3 is 19.5 Å². The van der Waals surface area contributed by atoms with Gasteiger partial charge >= 0.3 is 29.6 Å². The molecule has 0 N–H and O–H groups in total. The first-order chi connectivity index (χ1) is 16.0. The van der Waals surface area contributed by atoms with E-state index < -0.39 is 5.97 Å². The zero-order valence-corrected chi connectivity index (χ0v) is 22.8. The molecule has 1 aliphatic rings. The van der Waals surface area contributed by atoms with E-state index in [1.807, 2.05) is 38.1 Å². The van der Waals surface area contributed by atoms with Crippen molar-refractivity contribution in [2.45, 2.75) is 59.0 Å². The van der Waals surface area contributed by atoms with E-state index in [2.05, 4.69) is 47.9 Å². The third-order valence-electron chi connectivity index (χ3n) is 6.02. The summed E-state index contributed by atoms with van der Waals surface area (Å²) in [7, 11) is 0. The molecular weight excluding hydrogens is 433 g/mol. The maximum atomic E-state index is 10.7. The molecule has 0 spiro atoms. The molecule has 0 amide bonds. The van der Waals surface area contributed by atoms with Crippen molar-refractivity contribution in [1.82, 2.24) is 0 Å². The summed E-state index contributed by atoms with van der Waals surface area (Å²) >= 11 is 0. The molecular formula is C29H34NNaO3. The molecule has 0 unspecified atom stereocenters. The molecule has 5 heteroatoms. The standard InChI is InChI=1S/C29H35NO3.Na/c1-4-6-11-26(9-5-2)30-18-8-7-10-25-13-12-23(20-28(25)30)21-33-27-16-14-24(22(3)19-27)15-17-29(31)32;/h4-6,11-14,16,19-20H,2,7-10,15,17-18,21H2,1,3H3,(H,31,32);/q;+1/p-1/b6-4-,26-11+;. The van der Waals surface area contributed by atoms with Crippen LogP contribution in [0.2, 0.25) is 0 Å². The van der Waals surface area contributed by atoms with Crippen LogP contribution >= 0.6 is 0 Å². The summed E-state index contributed by atoms with van der Waals surface area (Å²) in [6.07, 6.45) is 13.1. The van der Waals surface area contributed by atoms with Crippen LogP contribution in [0.4, 0.5) is 5.69 Å². The van der Waals surface area contributed by atoms with E-state index >= 15 is 0 Å². The smallest absolute Gasteiger partial charge is 0.550 e. The molecule has 2 aromatic carbocycles. The van der Waals surface area contributed by atoms with Gasteiger partial charge in [0.1, 0.15) is 12.4 Å². The molecule has 0 saturated carbocycles. The van der Waals surface area contributed by atoms with Crippen LogP contribution in [-0.4, -0.2) is 12.5 Å². The SMILES string of the molecule is C=CC/C(=C\C=C/C)N1CCCCc2ccc(COc3ccc(CCC(=O)[O-])c(C)c3)cc21.[Na+]. The summed E-state index contributed by atoms with van der Waals surface area (Å²) < 4.78 is 6.09. The Morgan fingerprint density at radius 2 is 2.03 bits per heavy atom. The molecule has 34 heavy (non-hydrogen) atoms. The Balaban J connectivity index is 0.00000408. The number of fused-ring (bicyclic) bond motifs is 1. The normalized spacial score (nSPS) is 13.7. The fourth-order valence-corrected chi connectivity index (χ4v) is 4.23. The van der Waals surface area contributed by atoms with Crippen molar-refractivity contribution in [2.24, 2.45) is 0 Å². The third-order valence-corrected chi connectivity index (χ3v) is 6.02. The van der Waals surface area contributed by atoms with Crippen molar-refractivity contribution < 1.29 is 44.2 Å². The van der Waals surface area contributed by atoms with Crippen LogP contribution in [0, 0.1) is 6.92 Å². The van der Waals surface area contributed by atoms with Gasteiger partial charge in [-0.3, -0.25) is 0 Å². The van der Waals surface area contributed by atoms with Crippen molar-refractivity contribution in [3.63, 3.8) is 0 Å². The van der Waals surface area contributed by atoms with E-state index in [0.717, 1.165) is 48.2 Å². The van der Waals surface area contributed by atoms with Gasteiger partial charge in [-0.2, -0.15) is 0 Å². The molecule has 0 radical (unpaired) electrons. The van der Waals surface area contributed by atoms with Gasteiger partial charge in [-0.15, -0.1) is 6.58 Å². The van der Waals surface area contributed by atoms with Crippen LogP contribution in [0.1, 0.15) is 54.9 Å². The number of carboxylic acid groups (broad SMARTS) is 1. The zero-order valence-electron chi connectivity index (χ0n) is 20.8. The van der Waals surface area contributed by atoms with Gasteiger partial charge in [-0.05, 0) is 92.5 Å². The van der Waals surface area contributed by atoms with Gasteiger partial charge in [0.15, 0.2) is 0 Å². The monoisotopic (exact) mass is 467 g/mol. The summed E-state index contributed by atoms with van der Waals surface area (Å²) in [4.78, 5) is 13.2. The van der Waals surface area contributed by atoms with Gasteiger partial charge in [0.25, 0.3) is 0 Å². The van der Waals surface area contributed by atoms with Crippen LogP contribution in [0.5, 0.6) is 5.75 Å². The number of allylic oxidation sites excluding steroid dienone is 4. The number of aryl methyl sites for hydroxylation is 3. The molecule has 2 aromatic rings. The van der Waals surface area contributed by atoms with E-state index in [1.54, 1.807) is 0 Å². The number of ether oxygens (including phenoxy) is 1. The Morgan fingerprint density at radius 1 is 1.21 bits per heavy atom. The van der Waals surface area contributed by atoms with E-state index in [4.69, 9.17) is 4.74 Å². The largest absolute Gasteiger partial charge is 1.00 e. The Kier molecular flexibility index (Phi) is 11.7. The number of carbonyl (C=O) groups excluding carboxylic acids is 1. The van der Waals surface area contributed by atoms with Crippen molar-refractivity contribution in [2.75, 3.05) is 11.4 Å². The molecule has 174 valence electrons. The average Bonchev–Trinajstić information content (AvgIpc) is 3.02. The van der Waals surface area contributed by atoms with E-state index in [0.29, 0.717) is 13.0 Å². The predicted octanol–water partition coefficient (Wildman–Crippen LogP) is 2.44. The number of benzene rings is 2. The van der Waals surface area contributed by atoms with Gasteiger partial charge in [0, 0.05) is 30.3 Å². The van der Waals surface area contributed by atoms with Crippen LogP contribution in [0.3, 0.4) is 0 Å². The second-order valence-corrected chi connectivity index (χ2v) is 8.50. The minimum absolute atomic E-state index is 0. The number of rotatable bonds is 10. The Hall–Kier alpha value is -2.27. The number of aliphatic carboxylic acids is 1. The molecule has 0 aromatic heterocycles. The van der Waals surface area contributed by atoms with Crippen molar-refractivity contribution in [1.29, 1.82) is 0 Å². The van der Waals surface area contributed by atoms with Crippen molar-refractivity contribution in [3.05, 3.63) is 95.2 Å². The molecule has 0 bridgehead atoms. The van der Waals surface area contributed by atoms with Crippen molar-refractivity contribution in [3.8, 4) is 5.75 Å². The summed E-state index contributed by atoms with van der Waals surface area (Å²) in [5, 5.41) is 10.7. The van der Waals surface area contributed by atoms with Gasteiger partial charge in [0.2, 0.25) is 0 Å². The third kappa shape index (κ3) is 7.90. The van der Waals surface area contributed by atoms with E-state index in [9.17, 15) is 9.90 Å². The van der Waals surface area contributed by atoms with Gasteiger partial charge in [-0.1, -0.05) is 36.4 Å². The van der Waals surface area contributed by atoms with Crippen LogP contribution in [0.25, 0.3) is 0 Å². The fourth-order valence-electron chi connectivity index (χ4n) is 4.23. The minimum Gasteiger partial charge on any atom is -0.550 e. The first-order valence-corrected chi connectivity index (χ1v) is 11.8. The summed E-state index contributed by atoms with van der Waals surface area (Å²) in [5.74, 6) is -0.236. The molecule has 3 rings (SSSR count). The fraction of sp³-hybridized carbons (Fsp3) is 0.345. The Bertz CT molecular complexity index is 1040. The maximum Gasteiger partial charge on any atom is 1.00 e. The van der Waals surface area contributed by atoms with Crippen LogP contribution in [-0.2, 0) is 24.2 Å². The van der Waals surface area contributed by atoms with Crippen LogP contribution in [0.15, 0.2) is 73.0 Å². The predicted molar refractivity (Wildman–Crippen MR) is 133 cm³/mol. The number of hydrogen-bond acceptors (Lipinski definition) is 4. The summed E-state index contributed by atoms with van der Waals surface area (Å²) in [6.45, 7) is 9.45. The van der Waals surface area contributed by atoms with Gasteiger partial charge in [-0.25, -0.2) is 0 Å². The van der Waals surface area contributed by atoms with Crippen molar-refractivity contribution >= 4 is 11.7 Å². The Labute approximate surface area is 226 Å². The van der Waals surface area contributed by atoms with E-state index in [1.165, 1.54) is 23.4 Å². The maximum absolute atomic E-state index is 10.7. The molecule has 4 nitrogen and oxygen atoms in total. The van der Waals surface area contributed by atoms with Crippen LogP contribution < -0.4 is 44.3 Å². The molecule has 0 saturated heterocycles. The quantitative estimate of drug-likeness (QED) is 0.306. The second-order valence-electron chi connectivity index (χ2n) is 8.50. The minimum atomic E-state index is -1.02. The zero-order chi connectivity index (χ0) is 23.6. The topological polar surface area (TPSA) is 52.6 Å². The molecule has 0 atom stereocenters. The Morgan fingerprint density at radius 3 is 2.74 bits per heavy atom. The number of nitrogens with zero attached hydrogens (tertiary/aromatic N) is 1. The first-order valence-electron chi connectivity index (χ1n) is 11.8. The summed E-state index contributed by atoms with van der Waals surface area (Å²) in [5.41, 5.74) is 7.06. The molecule has 1 aliphatic heterocycles. The van der Waals surface area contributed by atoms with E-state index in [-0.39, 0.29) is 36.0 Å². The number of hydrogen-bond donors (Lipinski definition) is 0. The number of carbonyl (C=O) groups is 1. The first kappa shape index (κ1) is 28.0. The number of anilines is 1. The molecule has 0 fully saturated rings.